The first-order valence-corrected chi connectivity index (χ1v) is 14.7. The third-order valence-electron chi connectivity index (χ3n) is 10.2. The van der Waals surface area contributed by atoms with Gasteiger partial charge in [-0.15, -0.1) is 0 Å². The molecule has 5 N–H and O–H groups in total. The third kappa shape index (κ3) is 3.31. The number of ketones is 1. The summed E-state index contributed by atoms with van der Waals surface area (Å²) in [7, 11) is 2.98. The molecule has 5 aliphatic heterocycles. The van der Waals surface area contributed by atoms with Gasteiger partial charge in [0.05, 0.1) is 31.3 Å². The molecule has 2 aromatic rings. The minimum atomic E-state index is -1.63. The van der Waals surface area contributed by atoms with E-state index < -0.39 is 66.7 Å². The lowest BCUT2D eigenvalue weighted by Crippen LogP contribution is -2.68. The first-order chi connectivity index (χ1) is 21.1. The molecule has 0 aromatic heterocycles. The molecule has 8 rings (SSSR count). The van der Waals surface area contributed by atoms with Gasteiger partial charge in [-0.3, -0.25) is 4.79 Å². The summed E-state index contributed by atoms with van der Waals surface area (Å²) in [6, 6.07) is 1.87. The number of rotatable bonds is 6. The van der Waals surface area contributed by atoms with E-state index in [-0.39, 0.29) is 36.1 Å². The van der Waals surface area contributed by atoms with Gasteiger partial charge in [-0.2, -0.15) is 0 Å². The highest BCUT2D eigenvalue weighted by Crippen LogP contribution is 2.71. The highest BCUT2D eigenvalue weighted by atomic mass is 16.9. The number of ether oxygens (including phenoxy) is 8. The molecule has 44 heavy (non-hydrogen) atoms. The number of carbonyl (C=O) groups excluding carboxylic acids is 1. The van der Waals surface area contributed by atoms with Gasteiger partial charge in [0.15, 0.2) is 18.2 Å². The van der Waals surface area contributed by atoms with Crippen LogP contribution in [-0.2, 0) is 34.8 Å². The lowest BCUT2D eigenvalue weighted by atomic mass is 9.78. The number of methoxy groups -OCH3 is 2. The van der Waals surface area contributed by atoms with E-state index in [9.17, 15) is 30.3 Å². The number of Topliss-reactive ketones (excluding diaryl/α,β-unsaturated/α-hetero) is 1. The van der Waals surface area contributed by atoms with Crippen molar-refractivity contribution in [1.29, 1.82) is 0 Å². The number of fused-ring (bicyclic) bond motifs is 8. The van der Waals surface area contributed by atoms with E-state index in [0.29, 0.717) is 46.9 Å². The molecule has 238 valence electrons. The summed E-state index contributed by atoms with van der Waals surface area (Å²) in [4.78, 5) is 13.1. The largest absolute Gasteiger partial charge is 0.506 e. The van der Waals surface area contributed by atoms with Gasteiger partial charge in [-0.25, -0.2) is 0 Å². The van der Waals surface area contributed by atoms with Crippen molar-refractivity contribution in [3.8, 4) is 17.2 Å². The van der Waals surface area contributed by atoms with E-state index in [1.807, 2.05) is 13.0 Å². The average Bonchev–Trinajstić information content (AvgIpc) is 3.68. The Labute approximate surface area is 250 Å². The fraction of sp³-hybridized carbons (Fsp3) is 0.633. The molecular formula is C30H34O14. The monoisotopic (exact) mass is 618 g/mol. The molecule has 1 aliphatic carbocycles. The number of hydrogen-bond acceptors (Lipinski definition) is 14. The normalized spacial score (nSPS) is 41.5. The maximum atomic E-state index is 13.1. The Morgan fingerprint density at radius 2 is 1.86 bits per heavy atom. The first-order valence-electron chi connectivity index (χ1n) is 14.7. The Morgan fingerprint density at radius 1 is 1.09 bits per heavy atom. The SMILES string of the molecule is COc1c2c(c(O)c3c4c(c(C)cc13)C1OC3(COC5OC(CO)C(O)C(O)C5O)OC1[C@@](OC)(O4)[C@@]31CO1)C(=O)CCC2. The molecule has 5 heterocycles. The summed E-state index contributed by atoms with van der Waals surface area (Å²) >= 11 is 0. The topological polar surface area (TPSA) is 195 Å². The smallest absolute Gasteiger partial charge is 0.276 e. The molecule has 14 nitrogen and oxygen atoms in total. The molecule has 10 atom stereocenters. The van der Waals surface area contributed by atoms with Gasteiger partial charge in [0.2, 0.25) is 11.4 Å². The van der Waals surface area contributed by atoms with E-state index in [0.717, 1.165) is 5.56 Å². The van der Waals surface area contributed by atoms with E-state index in [2.05, 4.69) is 0 Å². The van der Waals surface area contributed by atoms with Crippen molar-refractivity contribution >= 4 is 16.6 Å². The molecular weight excluding hydrogens is 584 g/mol. The van der Waals surface area contributed by atoms with Crippen molar-refractivity contribution in [3.63, 3.8) is 0 Å². The van der Waals surface area contributed by atoms with Crippen LogP contribution in [0.2, 0.25) is 0 Å². The van der Waals surface area contributed by atoms with Crippen molar-refractivity contribution in [2.75, 3.05) is 34.0 Å². The Hall–Kier alpha value is -2.63. The van der Waals surface area contributed by atoms with Crippen LogP contribution in [0.1, 0.15) is 46.0 Å². The Kier molecular flexibility index (Phi) is 6.19. The maximum absolute atomic E-state index is 13.1. The fourth-order valence-corrected chi connectivity index (χ4v) is 7.97. The molecule has 2 bridgehead atoms. The van der Waals surface area contributed by atoms with Gasteiger partial charge >= 0.3 is 0 Å². The molecule has 0 saturated carbocycles. The average molecular weight is 619 g/mol. The Morgan fingerprint density at radius 3 is 2.55 bits per heavy atom. The second-order valence-corrected chi connectivity index (χ2v) is 12.3. The number of benzene rings is 2. The number of carbonyl (C=O) groups is 1. The van der Waals surface area contributed by atoms with Crippen LogP contribution in [-0.4, -0.2) is 119 Å². The Bertz CT molecular complexity index is 1570. The minimum Gasteiger partial charge on any atom is -0.506 e. The quantitative estimate of drug-likeness (QED) is 0.269. The first kappa shape index (κ1) is 28.8. The zero-order chi connectivity index (χ0) is 30.9. The second-order valence-electron chi connectivity index (χ2n) is 12.3. The maximum Gasteiger partial charge on any atom is 0.276 e. The summed E-state index contributed by atoms with van der Waals surface area (Å²) in [5.74, 6) is -2.78. The summed E-state index contributed by atoms with van der Waals surface area (Å²) < 4.78 is 49.2. The van der Waals surface area contributed by atoms with Crippen LogP contribution in [0.3, 0.4) is 0 Å². The fourth-order valence-electron chi connectivity index (χ4n) is 7.97. The molecule has 14 heteroatoms. The number of phenols is 1. The molecule has 6 aliphatic rings. The van der Waals surface area contributed by atoms with E-state index in [1.165, 1.54) is 14.2 Å². The number of aliphatic hydroxyl groups is 4. The zero-order valence-corrected chi connectivity index (χ0v) is 24.3. The standard InChI is InChI=1S/C30H34O14/c1-11-7-13-18(20(34)17-12(23(13)37-2)5-4-6-14(17)32)24-16(11)25-26-30(38-3,43-24)28(9-40-28)29(42-25,44-26)10-39-27-22(36)21(35)19(33)15(8-31)41-27/h7,15,19,21-22,25-27,31,33-36H,4-6,8-10H2,1-3H3/t15?,19?,21?,22?,25?,26?,27?,28-,29?,30-/m1/s1. The van der Waals surface area contributed by atoms with Gasteiger partial charge < -0.3 is 63.4 Å². The third-order valence-corrected chi connectivity index (χ3v) is 10.2. The summed E-state index contributed by atoms with van der Waals surface area (Å²) in [5, 5.41) is 53.1. The van der Waals surface area contributed by atoms with Crippen LogP contribution in [0, 0.1) is 6.92 Å². The second kappa shape index (κ2) is 9.45. The van der Waals surface area contributed by atoms with Gasteiger partial charge in [0, 0.05) is 30.0 Å². The molecule has 4 saturated heterocycles. The van der Waals surface area contributed by atoms with Crippen LogP contribution in [0.4, 0.5) is 0 Å². The number of epoxide rings is 1. The molecule has 4 fully saturated rings. The van der Waals surface area contributed by atoms with Gasteiger partial charge in [-0.05, 0) is 31.4 Å². The van der Waals surface area contributed by atoms with E-state index in [1.54, 1.807) is 0 Å². The summed E-state index contributed by atoms with van der Waals surface area (Å²) in [6.45, 7) is 0.986. The van der Waals surface area contributed by atoms with Gasteiger partial charge in [0.25, 0.3) is 5.79 Å². The van der Waals surface area contributed by atoms with Gasteiger partial charge in [-0.1, -0.05) is 0 Å². The van der Waals surface area contributed by atoms with Crippen molar-refractivity contribution in [3.05, 3.63) is 28.3 Å². The van der Waals surface area contributed by atoms with Crippen LogP contribution >= 0.6 is 0 Å². The predicted octanol–water partition coefficient (Wildman–Crippen LogP) is -0.132. The lowest BCUT2D eigenvalue weighted by Gasteiger charge is -2.48. The highest BCUT2D eigenvalue weighted by Gasteiger charge is 2.91. The number of aryl methyl sites for hydroxylation is 1. The van der Waals surface area contributed by atoms with Gasteiger partial charge in [0.1, 0.15) is 54.4 Å². The Balaban J connectivity index is 1.23. The highest BCUT2D eigenvalue weighted by molar-refractivity contribution is 6.11. The molecule has 1 spiro atoms. The summed E-state index contributed by atoms with van der Waals surface area (Å²) in [6.07, 6.45) is -7.49. The van der Waals surface area contributed by atoms with Crippen LogP contribution in [0.25, 0.3) is 10.8 Å². The predicted molar refractivity (Wildman–Crippen MR) is 144 cm³/mol. The number of aliphatic hydroxyl groups excluding tert-OH is 4. The summed E-state index contributed by atoms with van der Waals surface area (Å²) in [5.41, 5.74) is 0.885. The zero-order valence-electron chi connectivity index (χ0n) is 24.3. The van der Waals surface area contributed by atoms with Crippen LogP contribution in [0.15, 0.2) is 6.07 Å². The van der Waals surface area contributed by atoms with Crippen molar-refractivity contribution in [1.82, 2.24) is 0 Å². The van der Waals surface area contributed by atoms with Crippen molar-refractivity contribution in [2.24, 2.45) is 0 Å². The number of phenolic OH excluding ortho intramolecular Hbond substituents is 1. The lowest BCUT2D eigenvalue weighted by molar-refractivity contribution is -0.336. The number of aromatic hydroxyl groups is 1. The molecule has 8 unspecified atom stereocenters. The number of hydrogen-bond donors (Lipinski definition) is 5. The van der Waals surface area contributed by atoms with Crippen molar-refractivity contribution in [2.45, 2.75) is 86.3 Å². The van der Waals surface area contributed by atoms with E-state index in [4.69, 9.17) is 37.9 Å². The molecule has 0 radical (unpaired) electrons. The molecule has 2 aromatic carbocycles. The van der Waals surface area contributed by atoms with Crippen LogP contribution in [0.5, 0.6) is 17.2 Å². The van der Waals surface area contributed by atoms with Crippen LogP contribution < -0.4 is 9.47 Å². The minimum absolute atomic E-state index is 0.0877. The molecule has 0 amide bonds. The van der Waals surface area contributed by atoms with E-state index >= 15 is 0 Å². The van der Waals surface area contributed by atoms with Crippen molar-refractivity contribution < 1.29 is 68.2 Å².